The number of halogens is 2. The molecular weight excluding hydrogens is 148 g/mol. The third kappa shape index (κ3) is 0.613. The van der Waals surface area contributed by atoms with Crippen molar-refractivity contribution in [2.75, 3.05) is 0 Å². The molecule has 0 atom stereocenters. The van der Waals surface area contributed by atoms with E-state index in [1.54, 1.807) is 6.07 Å². The maximum Gasteiger partial charge on any atom is 0.300 e. The van der Waals surface area contributed by atoms with Gasteiger partial charge < -0.3 is 0 Å². The topological polar surface area (TPSA) is 23.8 Å². The lowest BCUT2D eigenvalue weighted by atomic mass is 10.2. The molecule has 0 aliphatic heterocycles. The van der Waals surface area contributed by atoms with Crippen molar-refractivity contribution in [3.63, 3.8) is 0 Å². The summed E-state index contributed by atoms with van der Waals surface area (Å²) in [4.78, 5) is 0. The van der Waals surface area contributed by atoms with Crippen LogP contribution in [0.5, 0.6) is 0 Å². The molecule has 1 aromatic carbocycles. The molecule has 0 unspecified atom stereocenters. The zero-order valence-electron chi connectivity index (χ0n) is 5.44. The third-order valence-corrected chi connectivity index (χ3v) is 1.77. The van der Waals surface area contributed by atoms with Crippen LogP contribution < -0.4 is 0 Å². The summed E-state index contributed by atoms with van der Waals surface area (Å²) in [5.74, 6) is -2.82. The Kier molecular flexibility index (Phi) is 0.910. The van der Waals surface area contributed by atoms with Crippen LogP contribution in [0.15, 0.2) is 18.2 Å². The van der Waals surface area contributed by atoms with E-state index in [-0.39, 0.29) is 16.7 Å². The van der Waals surface area contributed by atoms with Crippen molar-refractivity contribution in [1.29, 1.82) is 5.26 Å². The summed E-state index contributed by atoms with van der Waals surface area (Å²) < 4.78 is 25.2. The Bertz CT molecular complexity index is 363. The Morgan fingerprint density at radius 2 is 2.09 bits per heavy atom. The van der Waals surface area contributed by atoms with Gasteiger partial charge in [0, 0.05) is 5.56 Å². The predicted octanol–water partition coefficient (Wildman–Crippen LogP) is 2.01. The van der Waals surface area contributed by atoms with Gasteiger partial charge in [-0.2, -0.15) is 14.0 Å². The zero-order chi connectivity index (χ0) is 8.06. The van der Waals surface area contributed by atoms with Crippen molar-refractivity contribution in [2.45, 2.75) is 5.92 Å². The van der Waals surface area contributed by atoms with E-state index in [9.17, 15) is 8.78 Å². The number of benzene rings is 1. The molecule has 2 rings (SSSR count). The first-order valence-electron chi connectivity index (χ1n) is 3.10. The van der Waals surface area contributed by atoms with Crippen LogP contribution >= 0.6 is 0 Å². The van der Waals surface area contributed by atoms with Gasteiger partial charge in [-0.25, -0.2) is 0 Å². The second kappa shape index (κ2) is 1.59. The molecule has 0 radical (unpaired) electrons. The summed E-state index contributed by atoms with van der Waals surface area (Å²) in [6.07, 6.45) is 0. The van der Waals surface area contributed by atoms with Gasteiger partial charge in [-0.15, -0.1) is 0 Å². The minimum atomic E-state index is -2.82. The third-order valence-electron chi connectivity index (χ3n) is 1.77. The van der Waals surface area contributed by atoms with Crippen LogP contribution in [-0.4, -0.2) is 0 Å². The van der Waals surface area contributed by atoms with Crippen LogP contribution in [-0.2, 0) is 5.92 Å². The SMILES string of the molecule is N#Cc1cccc2c1C2(F)F. The second-order valence-corrected chi connectivity index (χ2v) is 2.41. The normalized spacial score (nSPS) is 16.8. The van der Waals surface area contributed by atoms with Crippen LogP contribution in [0.1, 0.15) is 16.7 Å². The Morgan fingerprint density at radius 1 is 1.36 bits per heavy atom. The van der Waals surface area contributed by atoms with Crippen LogP contribution in [0.3, 0.4) is 0 Å². The fraction of sp³-hybridized carbons (Fsp3) is 0.125. The number of nitriles is 1. The van der Waals surface area contributed by atoms with Crippen molar-refractivity contribution in [1.82, 2.24) is 0 Å². The van der Waals surface area contributed by atoms with Crippen molar-refractivity contribution in [3.05, 3.63) is 34.9 Å². The summed E-state index contributed by atoms with van der Waals surface area (Å²) in [5.41, 5.74) is -0.00782. The predicted molar refractivity (Wildman–Crippen MR) is 34.2 cm³/mol. The lowest BCUT2D eigenvalue weighted by molar-refractivity contribution is 0.0988. The minimum Gasteiger partial charge on any atom is -0.196 e. The first-order valence-corrected chi connectivity index (χ1v) is 3.10. The molecule has 1 aromatic rings. The highest BCUT2D eigenvalue weighted by Gasteiger charge is 2.54. The summed E-state index contributed by atoms with van der Waals surface area (Å²) in [5, 5.41) is 8.40. The molecule has 1 nitrogen and oxygen atoms in total. The maximum absolute atomic E-state index is 12.6. The first-order chi connectivity index (χ1) is 5.18. The van der Waals surface area contributed by atoms with E-state index in [4.69, 9.17) is 5.26 Å². The second-order valence-electron chi connectivity index (χ2n) is 2.41. The van der Waals surface area contributed by atoms with E-state index in [1.165, 1.54) is 18.2 Å². The number of hydrogen-bond acceptors (Lipinski definition) is 1. The van der Waals surface area contributed by atoms with Gasteiger partial charge in [0.15, 0.2) is 0 Å². The smallest absolute Gasteiger partial charge is 0.196 e. The van der Waals surface area contributed by atoms with Gasteiger partial charge in [0.05, 0.1) is 17.2 Å². The Morgan fingerprint density at radius 3 is 2.64 bits per heavy atom. The average Bonchev–Trinajstić information content (AvgIpc) is 2.56. The number of hydrogen-bond donors (Lipinski definition) is 0. The molecule has 0 spiro atoms. The number of alkyl halides is 2. The Labute approximate surface area is 61.9 Å². The van der Waals surface area contributed by atoms with Gasteiger partial charge in [0.1, 0.15) is 0 Å². The van der Waals surface area contributed by atoms with Gasteiger partial charge in [-0.05, 0) is 6.07 Å². The summed E-state index contributed by atoms with van der Waals surface area (Å²) in [7, 11) is 0. The molecule has 0 bridgehead atoms. The highest BCUT2D eigenvalue weighted by Crippen LogP contribution is 2.53. The number of rotatable bonds is 0. The van der Waals surface area contributed by atoms with Gasteiger partial charge in [0.2, 0.25) is 0 Å². The molecule has 0 aromatic heterocycles. The molecule has 0 saturated heterocycles. The van der Waals surface area contributed by atoms with Gasteiger partial charge in [0.25, 0.3) is 0 Å². The highest BCUT2D eigenvalue weighted by atomic mass is 19.3. The van der Waals surface area contributed by atoms with Crippen molar-refractivity contribution < 1.29 is 8.78 Å². The fourth-order valence-corrected chi connectivity index (χ4v) is 1.17. The molecule has 0 amide bonds. The van der Waals surface area contributed by atoms with E-state index in [0.717, 1.165) is 0 Å². The Hall–Kier alpha value is -1.43. The number of nitrogens with zero attached hydrogens (tertiary/aromatic N) is 1. The van der Waals surface area contributed by atoms with E-state index < -0.39 is 5.92 Å². The lowest BCUT2D eigenvalue weighted by Gasteiger charge is -1.85. The van der Waals surface area contributed by atoms with Crippen molar-refractivity contribution in [2.24, 2.45) is 0 Å². The van der Waals surface area contributed by atoms with Crippen molar-refractivity contribution >= 4 is 0 Å². The van der Waals surface area contributed by atoms with E-state index in [2.05, 4.69) is 0 Å². The lowest BCUT2D eigenvalue weighted by Crippen LogP contribution is -1.85. The van der Waals surface area contributed by atoms with Crippen LogP contribution in [0.2, 0.25) is 0 Å². The van der Waals surface area contributed by atoms with Gasteiger partial charge in [-0.3, -0.25) is 0 Å². The summed E-state index contributed by atoms with van der Waals surface area (Å²) in [6, 6.07) is 5.94. The molecule has 0 saturated carbocycles. The van der Waals surface area contributed by atoms with E-state index >= 15 is 0 Å². The standard InChI is InChI=1S/C8H3F2N/c9-8(10)6-3-1-2-5(4-11)7(6)8/h1-3H. The Balaban J connectivity index is 2.64. The van der Waals surface area contributed by atoms with Crippen LogP contribution in [0.25, 0.3) is 0 Å². The zero-order valence-corrected chi connectivity index (χ0v) is 5.44. The first kappa shape index (κ1) is 6.29. The average molecular weight is 151 g/mol. The molecule has 0 fully saturated rings. The minimum absolute atomic E-state index is 0.00319. The molecule has 0 N–H and O–H groups in total. The molecule has 1 aliphatic rings. The quantitative estimate of drug-likeness (QED) is 0.556. The molecule has 11 heavy (non-hydrogen) atoms. The molecule has 3 heteroatoms. The van der Waals surface area contributed by atoms with Gasteiger partial charge in [-0.1, -0.05) is 12.1 Å². The molecule has 54 valence electrons. The van der Waals surface area contributed by atoms with Crippen LogP contribution in [0.4, 0.5) is 8.78 Å². The van der Waals surface area contributed by atoms with E-state index in [1.807, 2.05) is 0 Å². The molecular formula is C8H3F2N. The monoisotopic (exact) mass is 151 g/mol. The van der Waals surface area contributed by atoms with E-state index in [0.29, 0.717) is 0 Å². The summed E-state index contributed by atoms with van der Waals surface area (Å²) in [6.45, 7) is 0. The fourth-order valence-electron chi connectivity index (χ4n) is 1.17. The maximum atomic E-state index is 12.6. The number of fused-ring (bicyclic) bond motifs is 1. The molecule has 0 heterocycles. The molecule has 1 aliphatic carbocycles. The van der Waals surface area contributed by atoms with Crippen LogP contribution in [0, 0.1) is 11.3 Å². The van der Waals surface area contributed by atoms with Crippen molar-refractivity contribution in [3.8, 4) is 6.07 Å². The highest BCUT2D eigenvalue weighted by molar-refractivity contribution is 5.61. The largest absolute Gasteiger partial charge is 0.300 e. The summed E-state index contributed by atoms with van der Waals surface area (Å²) >= 11 is 0. The van der Waals surface area contributed by atoms with Gasteiger partial charge >= 0.3 is 5.92 Å².